The van der Waals surface area contributed by atoms with Gasteiger partial charge < -0.3 is 4.74 Å². The summed E-state index contributed by atoms with van der Waals surface area (Å²) in [5.41, 5.74) is 0.509. The molecule has 0 fully saturated rings. The van der Waals surface area contributed by atoms with Crippen LogP contribution in [0.5, 0.6) is 0 Å². The Morgan fingerprint density at radius 2 is 1.67 bits per heavy atom. The van der Waals surface area contributed by atoms with Crippen molar-refractivity contribution < 1.29 is 19.1 Å². The maximum absolute atomic E-state index is 11.3. The molecule has 4 nitrogen and oxygen atoms in total. The smallest absolute Gasteiger partial charge is 0.342 e. The fourth-order valence-electron chi connectivity index (χ4n) is 0.701. The largest absolute Gasteiger partial charge is 0.428 e. The van der Waals surface area contributed by atoms with E-state index in [4.69, 9.17) is 4.74 Å². The molecule has 80 valence electrons. The van der Waals surface area contributed by atoms with Crippen LogP contribution in [0.25, 0.3) is 0 Å². The van der Waals surface area contributed by atoms with Crippen LogP contribution in [-0.4, -0.2) is 18.5 Å². The van der Waals surface area contributed by atoms with Gasteiger partial charge in [0, 0.05) is 6.08 Å². The van der Waals surface area contributed by atoms with Crippen molar-refractivity contribution in [3.8, 4) is 0 Å². The average Bonchev–Trinajstić information content (AvgIpc) is 2.17. The predicted octanol–water partition coefficient (Wildman–Crippen LogP) is 1.33. The molecule has 0 saturated carbocycles. The fourth-order valence-corrected chi connectivity index (χ4v) is 0.701. The van der Waals surface area contributed by atoms with Crippen molar-refractivity contribution in [1.82, 2.24) is 0 Å². The standard InChI is InChI=1S/C11H12O4/c1-8(4-6-12)10(3)11(14)15-9(2)5-7-13/h4-7H,3H2,1-2H3. The first kappa shape index (κ1) is 13.0. The average molecular weight is 208 g/mol. The lowest BCUT2D eigenvalue weighted by Crippen LogP contribution is -2.07. The SMILES string of the molecule is C=C(C(=O)OC(C)=CC=O)C(C)=CC=O. The quantitative estimate of drug-likeness (QED) is 0.225. The molecule has 0 N–H and O–H groups in total. The van der Waals surface area contributed by atoms with E-state index in [1.165, 1.54) is 13.0 Å². The van der Waals surface area contributed by atoms with Gasteiger partial charge in [-0.2, -0.15) is 0 Å². The monoisotopic (exact) mass is 208 g/mol. The van der Waals surface area contributed by atoms with E-state index in [0.29, 0.717) is 18.1 Å². The number of hydrogen-bond donors (Lipinski definition) is 0. The maximum Gasteiger partial charge on any atom is 0.342 e. The van der Waals surface area contributed by atoms with Gasteiger partial charge in [-0.05, 0) is 25.5 Å². The molecule has 0 aliphatic rings. The number of aldehydes is 2. The minimum Gasteiger partial charge on any atom is -0.428 e. The summed E-state index contributed by atoms with van der Waals surface area (Å²) in [5.74, 6) is -0.503. The number of esters is 1. The molecule has 0 aromatic carbocycles. The molecule has 0 atom stereocenters. The highest BCUT2D eigenvalue weighted by Gasteiger charge is 2.10. The highest BCUT2D eigenvalue weighted by Crippen LogP contribution is 2.10. The minimum absolute atomic E-state index is 0.0840. The van der Waals surface area contributed by atoms with E-state index in [1.54, 1.807) is 6.92 Å². The molecule has 0 aromatic heterocycles. The zero-order chi connectivity index (χ0) is 11.8. The van der Waals surface area contributed by atoms with Gasteiger partial charge in [-0.3, -0.25) is 9.59 Å². The first-order chi connectivity index (χ1) is 7.02. The van der Waals surface area contributed by atoms with Gasteiger partial charge in [0.2, 0.25) is 0 Å². The zero-order valence-corrected chi connectivity index (χ0v) is 8.65. The molecule has 0 rings (SSSR count). The Morgan fingerprint density at radius 3 is 2.13 bits per heavy atom. The van der Waals surface area contributed by atoms with Crippen LogP contribution in [0.15, 0.2) is 35.6 Å². The van der Waals surface area contributed by atoms with Crippen molar-refractivity contribution in [1.29, 1.82) is 0 Å². The molecule has 0 aromatic rings. The lowest BCUT2D eigenvalue weighted by Gasteiger charge is -2.05. The van der Waals surface area contributed by atoms with E-state index in [-0.39, 0.29) is 11.3 Å². The van der Waals surface area contributed by atoms with Crippen LogP contribution >= 0.6 is 0 Å². The second kappa shape index (κ2) is 6.48. The van der Waals surface area contributed by atoms with Gasteiger partial charge in [-0.15, -0.1) is 0 Å². The summed E-state index contributed by atoms with van der Waals surface area (Å²) in [6.07, 6.45) is 3.40. The van der Waals surface area contributed by atoms with E-state index in [1.807, 2.05) is 0 Å². The molecule has 0 amide bonds. The Balaban J connectivity index is 4.54. The summed E-state index contributed by atoms with van der Waals surface area (Å²) < 4.78 is 4.75. The molecule has 0 heterocycles. The number of carbonyl (C=O) groups is 3. The van der Waals surface area contributed by atoms with Crippen molar-refractivity contribution in [3.63, 3.8) is 0 Å². The molecule has 4 heteroatoms. The zero-order valence-electron chi connectivity index (χ0n) is 8.65. The summed E-state index contributed by atoms with van der Waals surface area (Å²) in [7, 11) is 0. The highest BCUT2D eigenvalue weighted by molar-refractivity contribution is 5.94. The second-order valence-corrected chi connectivity index (χ2v) is 2.77. The molecule has 0 radical (unpaired) electrons. The van der Waals surface area contributed by atoms with E-state index in [9.17, 15) is 14.4 Å². The summed E-state index contributed by atoms with van der Waals surface area (Å²) in [6, 6.07) is 0. The second-order valence-electron chi connectivity index (χ2n) is 2.77. The number of rotatable bonds is 5. The van der Waals surface area contributed by atoms with Crippen LogP contribution in [0.3, 0.4) is 0 Å². The van der Waals surface area contributed by atoms with Gasteiger partial charge in [-0.25, -0.2) is 4.79 Å². The minimum atomic E-state index is -0.679. The van der Waals surface area contributed by atoms with Crippen LogP contribution < -0.4 is 0 Å². The van der Waals surface area contributed by atoms with Crippen molar-refractivity contribution >= 4 is 18.5 Å². The van der Waals surface area contributed by atoms with Crippen LogP contribution in [0, 0.1) is 0 Å². The van der Waals surface area contributed by atoms with Crippen LogP contribution in [-0.2, 0) is 19.1 Å². The highest BCUT2D eigenvalue weighted by atomic mass is 16.5. The van der Waals surface area contributed by atoms with Crippen LogP contribution in [0.1, 0.15) is 13.8 Å². The van der Waals surface area contributed by atoms with Crippen molar-refractivity contribution in [2.75, 3.05) is 0 Å². The number of allylic oxidation sites excluding steroid dienone is 3. The van der Waals surface area contributed by atoms with Crippen LogP contribution in [0.2, 0.25) is 0 Å². The summed E-state index contributed by atoms with van der Waals surface area (Å²) in [4.78, 5) is 31.5. The van der Waals surface area contributed by atoms with Crippen molar-refractivity contribution in [2.45, 2.75) is 13.8 Å². The number of hydrogen-bond acceptors (Lipinski definition) is 4. The van der Waals surface area contributed by atoms with Gasteiger partial charge >= 0.3 is 5.97 Å². The van der Waals surface area contributed by atoms with Gasteiger partial charge in [0.05, 0.1) is 5.57 Å². The van der Waals surface area contributed by atoms with Gasteiger partial charge in [-0.1, -0.05) is 6.58 Å². The summed E-state index contributed by atoms with van der Waals surface area (Å²) in [5, 5.41) is 0. The summed E-state index contributed by atoms with van der Waals surface area (Å²) >= 11 is 0. The van der Waals surface area contributed by atoms with E-state index < -0.39 is 5.97 Å². The van der Waals surface area contributed by atoms with E-state index in [2.05, 4.69) is 6.58 Å². The number of ether oxygens (including phenoxy) is 1. The van der Waals surface area contributed by atoms with Crippen molar-refractivity contribution in [2.24, 2.45) is 0 Å². The molecule has 0 aliphatic carbocycles. The molecule has 0 bridgehead atoms. The lowest BCUT2D eigenvalue weighted by molar-refractivity contribution is -0.134. The van der Waals surface area contributed by atoms with Crippen molar-refractivity contribution in [3.05, 3.63) is 35.6 Å². The molecular formula is C11H12O4. The van der Waals surface area contributed by atoms with E-state index in [0.717, 1.165) is 6.08 Å². The Bertz CT molecular complexity index is 348. The summed E-state index contributed by atoms with van der Waals surface area (Å²) in [6.45, 7) is 6.51. The van der Waals surface area contributed by atoms with Gasteiger partial charge in [0.15, 0.2) is 0 Å². The first-order valence-corrected chi connectivity index (χ1v) is 4.18. The topological polar surface area (TPSA) is 60.4 Å². The van der Waals surface area contributed by atoms with Crippen LogP contribution in [0.4, 0.5) is 0 Å². The van der Waals surface area contributed by atoms with Gasteiger partial charge in [0.1, 0.15) is 18.3 Å². The third-order valence-electron chi connectivity index (χ3n) is 1.60. The fraction of sp³-hybridized carbons (Fsp3) is 0.182. The lowest BCUT2D eigenvalue weighted by atomic mass is 10.1. The molecule has 0 unspecified atom stereocenters. The predicted molar refractivity (Wildman–Crippen MR) is 54.9 cm³/mol. The maximum atomic E-state index is 11.3. The third-order valence-corrected chi connectivity index (χ3v) is 1.60. The normalized spacial score (nSPS) is 11.9. The Hall–Kier alpha value is -1.97. The molecule has 0 aliphatic heterocycles. The van der Waals surface area contributed by atoms with Gasteiger partial charge in [0.25, 0.3) is 0 Å². The third kappa shape index (κ3) is 4.71. The molecule has 0 spiro atoms. The molecule has 0 saturated heterocycles. The Morgan fingerprint density at radius 1 is 1.13 bits per heavy atom. The first-order valence-electron chi connectivity index (χ1n) is 4.18. The Kier molecular flexibility index (Phi) is 5.63. The molecule has 15 heavy (non-hydrogen) atoms. The van der Waals surface area contributed by atoms with E-state index >= 15 is 0 Å². The number of carbonyl (C=O) groups excluding carboxylic acids is 3. The Labute approximate surface area is 87.9 Å². The molecular weight excluding hydrogens is 196 g/mol.